The maximum atomic E-state index is 6.56. The molecule has 4 aliphatic rings. The average molecular weight is 418 g/mol. The Hall–Kier alpha value is -1.32. The molecule has 4 unspecified atom stereocenters. The van der Waals surface area contributed by atoms with Gasteiger partial charge in [-0.1, -0.05) is 6.92 Å². The lowest BCUT2D eigenvalue weighted by molar-refractivity contribution is -0.238. The van der Waals surface area contributed by atoms with E-state index in [1.54, 1.807) is 6.33 Å². The Morgan fingerprint density at radius 2 is 1.97 bits per heavy atom. The lowest BCUT2D eigenvalue weighted by Crippen LogP contribution is -2.54. The van der Waals surface area contributed by atoms with Crippen LogP contribution in [0, 0.1) is 5.92 Å². The number of rotatable bonds is 5. The second-order valence-electron chi connectivity index (χ2n) is 9.58. The number of morpholine rings is 1. The van der Waals surface area contributed by atoms with E-state index in [0.717, 1.165) is 63.5 Å². The van der Waals surface area contributed by atoms with E-state index in [-0.39, 0.29) is 23.9 Å². The van der Waals surface area contributed by atoms with E-state index < -0.39 is 0 Å². The fourth-order valence-electron chi connectivity index (χ4n) is 5.53. The van der Waals surface area contributed by atoms with Crippen molar-refractivity contribution in [2.75, 3.05) is 31.2 Å². The number of hydrazine groups is 1. The number of fused-ring (bicyclic) bond motifs is 1. The summed E-state index contributed by atoms with van der Waals surface area (Å²) in [6.07, 6.45) is 6.70. The number of nitrogens with one attached hydrogen (secondary N) is 2. The first-order chi connectivity index (χ1) is 14.5. The highest BCUT2D eigenvalue weighted by atomic mass is 16.6. The van der Waals surface area contributed by atoms with Crippen LogP contribution in [0.2, 0.25) is 0 Å². The Morgan fingerprint density at radius 1 is 1.17 bits per heavy atom. The van der Waals surface area contributed by atoms with Gasteiger partial charge >= 0.3 is 0 Å². The van der Waals surface area contributed by atoms with E-state index in [0.29, 0.717) is 18.1 Å². The van der Waals surface area contributed by atoms with Crippen molar-refractivity contribution in [2.45, 2.75) is 82.5 Å². The average Bonchev–Trinajstić information content (AvgIpc) is 3.13. The van der Waals surface area contributed by atoms with E-state index in [1.165, 1.54) is 0 Å². The minimum absolute atomic E-state index is 0.0573. The first kappa shape index (κ1) is 20.6. The van der Waals surface area contributed by atoms with E-state index in [2.05, 4.69) is 52.6 Å². The predicted octanol–water partition coefficient (Wildman–Crippen LogP) is 1.97. The summed E-state index contributed by atoms with van der Waals surface area (Å²) in [7, 11) is 0. The van der Waals surface area contributed by atoms with Crippen LogP contribution in [0.5, 0.6) is 0 Å². The Balaban J connectivity index is 1.30. The van der Waals surface area contributed by atoms with Gasteiger partial charge < -0.3 is 19.1 Å². The molecule has 2 N–H and O–H groups in total. The zero-order valence-corrected chi connectivity index (χ0v) is 18.3. The summed E-state index contributed by atoms with van der Waals surface area (Å²) in [5.74, 6) is 1.45. The van der Waals surface area contributed by atoms with Gasteiger partial charge in [0.1, 0.15) is 17.7 Å². The molecular formula is C22H35N5O3. The van der Waals surface area contributed by atoms with Crippen LogP contribution >= 0.6 is 0 Å². The van der Waals surface area contributed by atoms with Crippen molar-refractivity contribution in [1.82, 2.24) is 20.8 Å². The molecule has 0 radical (unpaired) electrons. The van der Waals surface area contributed by atoms with Gasteiger partial charge in [0.2, 0.25) is 0 Å². The molecule has 4 heterocycles. The Morgan fingerprint density at radius 3 is 2.67 bits per heavy atom. The van der Waals surface area contributed by atoms with Crippen molar-refractivity contribution in [3.8, 4) is 0 Å². The van der Waals surface area contributed by atoms with Gasteiger partial charge in [-0.15, -0.1) is 0 Å². The third kappa shape index (κ3) is 3.96. The number of nitrogens with zero attached hydrogens (tertiary/aromatic N) is 3. The third-order valence-corrected chi connectivity index (χ3v) is 7.23. The standard InChI is InChI=1S/C22H35N5O3/c1-4-22(11-28-12-22)30-16-5-6-18-17(7-16)21(26-25-18)19-8-20(24-13-23-19)27-9-14(2)29-15(3)10-27/h8,13-18,21,25-26H,4-7,9-12H2,1-3H3/t14-,15+,16?,17?,18?,21?. The molecule has 3 saturated heterocycles. The number of aromatic nitrogens is 2. The van der Waals surface area contributed by atoms with Crippen molar-refractivity contribution in [3.05, 3.63) is 18.1 Å². The highest BCUT2D eigenvalue weighted by Gasteiger charge is 2.46. The highest BCUT2D eigenvalue weighted by molar-refractivity contribution is 5.41. The number of hydrogen-bond donors (Lipinski definition) is 2. The van der Waals surface area contributed by atoms with Gasteiger partial charge in [0, 0.05) is 31.1 Å². The summed E-state index contributed by atoms with van der Waals surface area (Å²) in [6, 6.07) is 2.80. The van der Waals surface area contributed by atoms with Crippen molar-refractivity contribution < 1.29 is 14.2 Å². The lowest BCUT2D eigenvalue weighted by Gasteiger charge is -2.45. The normalized spacial score (nSPS) is 38.2. The number of ether oxygens (including phenoxy) is 3. The van der Waals surface area contributed by atoms with Crippen molar-refractivity contribution in [1.29, 1.82) is 0 Å². The molecule has 30 heavy (non-hydrogen) atoms. The van der Waals surface area contributed by atoms with Gasteiger partial charge in [-0.3, -0.25) is 5.43 Å². The van der Waals surface area contributed by atoms with Gasteiger partial charge in [-0.05, 0) is 39.5 Å². The van der Waals surface area contributed by atoms with Crippen LogP contribution in [0.4, 0.5) is 5.82 Å². The van der Waals surface area contributed by atoms with E-state index in [4.69, 9.17) is 14.2 Å². The van der Waals surface area contributed by atoms with E-state index >= 15 is 0 Å². The molecule has 8 heteroatoms. The SMILES string of the molecule is CCC1(OC2CCC3NNC(c4cc(N5C[C@@H](C)O[C@@H](C)C5)ncn4)C3C2)COC1. The van der Waals surface area contributed by atoms with Gasteiger partial charge in [0.15, 0.2) is 0 Å². The zero-order valence-electron chi connectivity index (χ0n) is 18.3. The first-order valence-corrected chi connectivity index (χ1v) is 11.5. The molecule has 0 amide bonds. The van der Waals surface area contributed by atoms with Crippen LogP contribution in [0.3, 0.4) is 0 Å². The topological polar surface area (TPSA) is 80.8 Å². The fraction of sp³-hybridized carbons (Fsp3) is 0.818. The fourth-order valence-corrected chi connectivity index (χ4v) is 5.53. The maximum Gasteiger partial charge on any atom is 0.132 e. The molecular weight excluding hydrogens is 382 g/mol. The smallest absolute Gasteiger partial charge is 0.132 e. The van der Waals surface area contributed by atoms with Crippen LogP contribution < -0.4 is 15.8 Å². The molecule has 166 valence electrons. The Kier molecular flexibility index (Phi) is 5.70. The predicted molar refractivity (Wildman–Crippen MR) is 113 cm³/mol. The van der Waals surface area contributed by atoms with Gasteiger partial charge in [-0.25, -0.2) is 15.4 Å². The third-order valence-electron chi connectivity index (χ3n) is 7.23. The Bertz CT molecular complexity index is 730. The summed E-state index contributed by atoms with van der Waals surface area (Å²) in [5, 5.41) is 0. The molecule has 1 aliphatic carbocycles. The molecule has 1 aromatic heterocycles. The number of anilines is 1. The van der Waals surface area contributed by atoms with Gasteiger partial charge in [0.05, 0.1) is 43.3 Å². The van der Waals surface area contributed by atoms with E-state index in [1.807, 2.05) is 0 Å². The van der Waals surface area contributed by atoms with Crippen molar-refractivity contribution >= 4 is 5.82 Å². The molecule has 1 saturated carbocycles. The molecule has 4 fully saturated rings. The second-order valence-corrected chi connectivity index (χ2v) is 9.58. The second kappa shape index (κ2) is 8.31. The molecule has 6 atom stereocenters. The lowest BCUT2D eigenvalue weighted by atomic mass is 9.79. The van der Waals surface area contributed by atoms with Crippen molar-refractivity contribution in [3.63, 3.8) is 0 Å². The maximum absolute atomic E-state index is 6.56. The molecule has 0 bridgehead atoms. The van der Waals surface area contributed by atoms with Crippen LogP contribution in [-0.4, -0.2) is 66.2 Å². The molecule has 1 aromatic rings. The van der Waals surface area contributed by atoms with Gasteiger partial charge in [0.25, 0.3) is 0 Å². The quantitative estimate of drug-likeness (QED) is 0.753. The molecule has 3 aliphatic heterocycles. The molecule has 5 rings (SSSR count). The highest BCUT2D eigenvalue weighted by Crippen LogP contribution is 2.41. The van der Waals surface area contributed by atoms with Gasteiger partial charge in [-0.2, -0.15) is 0 Å². The van der Waals surface area contributed by atoms with E-state index in [9.17, 15) is 0 Å². The summed E-state index contributed by atoms with van der Waals surface area (Å²) in [5.41, 5.74) is 8.05. The molecule has 0 aromatic carbocycles. The summed E-state index contributed by atoms with van der Waals surface area (Å²) >= 11 is 0. The summed E-state index contributed by atoms with van der Waals surface area (Å²) in [6.45, 7) is 9.64. The molecule has 8 nitrogen and oxygen atoms in total. The monoisotopic (exact) mass is 417 g/mol. The largest absolute Gasteiger partial charge is 0.375 e. The molecule has 0 spiro atoms. The van der Waals surface area contributed by atoms with Crippen LogP contribution in [-0.2, 0) is 14.2 Å². The summed E-state index contributed by atoms with van der Waals surface area (Å²) in [4.78, 5) is 11.5. The van der Waals surface area contributed by atoms with Crippen LogP contribution in [0.25, 0.3) is 0 Å². The first-order valence-electron chi connectivity index (χ1n) is 11.5. The zero-order chi connectivity index (χ0) is 20.7. The van der Waals surface area contributed by atoms with Crippen LogP contribution in [0.1, 0.15) is 58.2 Å². The Labute approximate surface area is 179 Å². The van der Waals surface area contributed by atoms with Crippen molar-refractivity contribution in [2.24, 2.45) is 5.92 Å². The summed E-state index contributed by atoms with van der Waals surface area (Å²) < 4.78 is 17.9. The minimum Gasteiger partial charge on any atom is -0.375 e. The number of hydrogen-bond acceptors (Lipinski definition) is 8. The van der Waals surface area contributed by atoms with Crippen LogP contribution in [0.15, 0.2) is 12.4 Å². The minimum atomic E-state index is -0.0573.